The van der Waals surface area contributed by atoms with Crippen molar-refractivity contribution in [3.8, 4) is 0 Å². The zero-order valence-electron chi connectivity index (χ0n) is 13.3. The predicted octanol–water partition coefficient (Wildman–Crippen LogP) is 3.14. The van der Waals surface area contributed by atoms with Gasteiger partial charge < -0.3 is 16.3 Å². The van der Waals surface area contributed by atoms with E-state index in [1.54, 1.807) is 6.07 Å². The van der Waals surface area contributed by atoms with Gasteiger partial charge in [-0.1, -0.05) is 18.2 Å². The summed E-state index contributed by atoms with van der Waals surface area (Å²) in [5.74, 6) is 3.99. The number of aliphatic carboxylic acids is 1. The van der Waals surface area contributed by atoms with Crippen molar-refractivity contribution in [3.63, 3.8) is 0 Å². The molecule has 138 valence electrons. The second-order valence-electron chi connectivity index (χ2n) is 5.90. The van der Waals surface area contributed by atoms with Crippen LogP contribution < -0.4 is 17.0 Å². The number of hydrogen-bond acceptors (Lipinski definition) is 5. The van der Waals surface area contributed by atoms with Crippen LogP contribution in [0.25, 0.3) is 0 Å². The average Bonchev–Trinajstić information content (AvgIpc) is 2.55. The topological polar surface area (TPSA) is 101 Å². The van der Waals surface area contributed by atoms with Gasteiger partial charge in [0.1, 0.15) is 0 Å². The van der Waals surface area contributed by atoms with Crippen LogP contribution in [0.3, 0.4) is 0 Å². The zero-order chi connectivity index (χ0) is 18.6. The first-order chi connectivity index (χ1) is 11.7. The van der Waals surface area contributed by atoms with Crippen molar-refractivity contribution in [1.82, 2.24) is 5.43 Å². The monoisotopic (exact) mass is 375 g/mol. The number of hydrogen-bond donors (Lipinski definition) is 4. The van der Waals surface area contributed by atoms with Gasteiger partial charge in [0.15, 0.2) is 5.70 Å². The van der Waals surface area contributed by atoms with Gasteiger partial charge in [0.2, 0.25) is 0 Å². The van der Waals surface area contributed by atoms with E-state index in [0.29, 0.717) is 5.56 Å². The second kappa shape index (κ2) is 8.01. The van der Waals surface area contributed by atoms with Gasteiger partial charge in [-0.15, -0.1) is 11.8 Å². The van der Waals surface area contributed by atoms with Gasteiger partial charge in [-0.05, 0) is 43.2 Å². The summed E-state index contributed by atoms with van der Waals surface area (Å²) in [5, 5.41) is 9.19. The maximum absolute atomic E-state index is 12.8. The quantitative estimate of drug-likeness (QED) is 0.358. The lowest BCUT2D eigenvalue weighted by Crippen LogP contribution is -2.30. The largest absolute Gasteiger partial charge is 0.476 e. The van der Waals surface area contributed by atoms with Crippen LogP contribution in [0.5, 0.6) is 0 Å². The van der Waals surface area contributed by atoms with Crippen LogP contribution in [0.15, 0.2) is 35.0 Å². The molecule has 1 fully saturated rings. The highest BCUT2D eigenvalue weighted by Gasteiger charge is 2.31. The molecule has 0 aliphatic heterocycles. The number of rotatable bonds is 5. The lowest BCUT2D eigenvalue weighted by atomic mass is 9.83. The Bertz CT molecular complexity index is 656. The van der Waals surface area contributed by atoms with E-state index in [0.717, 1.165) is 31.7 Å². The van der Waals surface area contributed by atoms with Crippen molar-refractivity contribution < 1.29 is 23.1 Å². The molecule has 1 aromatic carbocycles. The van der Waals surface area contributed by atoms with E-state index in [9.17, 15) is 18.0 Å². The lowest BCUT2D eigenvalue weighted by molar-refractivity contribution is -0.137. The number of alkyl halides is 3. The van der Waals surface area contributed by atoms with Crippen molar-refractivity contribution in [2.45, 2.75) is 43.0 Å². The van der Waals surface area contributed by atoms with E-state index >= 15 is 0 Å². The smallest absolute Gasteiger partial charge is 0.416 e. The molecule has 1 aromatic rings. The number of hydrazine groups is 1. The molecule has 0 spiro atoms. The number of nitrogens with one attached hydrogen (secondary N) is 1. The minimum Gasteiger partial charge on any atom is -0.476 e. The molecule has 0 aromatic heterocycles. The molecule has 1 aliphatic rings. The summed E-state index contributed by atoms with van der Waals surface area (Å²) < 4.78 is 38.5. The van der Waals surface area contributed by atoms with Gasteiger partial charge in [0, 0.05) is 5.25 Å². The maximum atomic E-state index is 12.8. The summed E-state index contributed by atoms with van der Waals surface area (Å²) in [6.45, 7) is 0. The zero-order valence-corrected chi connectivity index (χ0v) is 14.2. The molecular formula is C16H20F3N3O2S. The Hall–Kier alpha value is -1.87. The molecule has 1 aliphatic carbocycles. The fourth-order valence-corrected chi connectivity index (χ4v) is 4.09. The SMILES string of the molecule is NN/C(C(=O)O)=C(\N)SC1CCC(c2cccc(C(F)(F)F)c2)CC1. The van der Waals surface area contributed by atoms with Crippen molar-refractivity contribution in [2.24, 2.45) is 11.6 Å². The lowest BCUT2D eigenvalue weighted by Gasteiger charge is -2.29. The highest BCUT2D eigenvalue weighted by molar-refractivity contribution is 8.03. The van der Waals surface area contributed by atoms with Gasteiger partial charge in [-0.2, -0.15) is 13.2 Å². The first kappa shape index (κ1) is 19.5. The molecule has 0 saturated heterocycles. The number of carbonyl (C=O) groups is 1. The van der Waals surface area contributed by atoms with Crippen LogP contribution in [-0.4, -0.2) is 16.3 Å². The first-order valence-electron chi connectivity index (χ1n) is 7.75. The molecule has 2 rings (SSSR count). The Morgan fingerprint density at radius 2 is 1.88 bits per heavy atom. The van der Waals surface area contributed by atoms with E-state index in [1.165, 1.54) is 23.9 Å². The summed E-state index contributed by atoms with van der Waals surface area (Å²) in [7, 11) is 0. The molecule has 0 bridgehead atoms. The summed E-state index contributed by atoms with van der Waals surface area (Å²) in [6.07, 6.45) is -1.41. The summed E-state index contributed by atoms with van der Waals surface area (Å²) in [4.78, 5) is 11.0. The van der Waals surface area contributed by atoms with Crippen molar-refractivity contribution in [2.75, 3.05) is 0 Å². The fourth-order valence-electron chi connectivity index (χ4n) is 2.96. The Balaban J connectivity index is 1.99. The van der Waals surface area contributed by atoms with Crippen LogP contribution >= 0.6 is 11.8 Å². The fraction of sp³-hybridized carbons (Fsp3) is 0.438. The Morgan fingerprint density at radius 1 is 1.24 bits per heavy atom. The van der Waals surface area contributed by atoms with Crippen molar-refractivity contribution in [1.29, 1.82) is 0 Å². The van der Waals surface area contributed by atoms with Crippen LogP contribution in [0.4, 0.5) is 13.2 Å². The third-order valence-corrected chi connectivity index (χ3v) is 5.52. The van der Waals surface area contributed by atoms with Gasteiger partial charge in [0.25, 0.3) is 0 Å². The van der Waals surface area contributed by atoms with Gasteiger partial charge >= 0.3 is 12.1 Å². The Kier molecular flexibility index (Phi) is 6.23. The number of carboxylic acid groups (broad SMARTS) is 1. The molecule has 0 atom stereocenters. The van der Waals surface area contributed by atoms with Gasteiger partial charge in [-0.25, -0.2) is 4.79 Å². The maximum Gasteiger partial charge on any atom is 0.416 e. The Morgan fingerprint density at radius 3 is 2.40 bits per heavy atom. The number of benzene rings is 1. The highest BCUT2D eigenvalue weighted by atomic mass is 32.2. The molecule has 1 saturated carbocycles. The normalized spacial score (nSPS) is 22.2. The van der Waals surface area contributed by atoms with E-state index < -0.39 is 17.7 Å². The summed E-state index contributed by atoms with van der Waals surface area (Å²) in [5.41, 5.74) is 7.66. The number of halogens is 3. The average molecular weight is 375 g/mol. The van der Waals surface area contributed by atoms with E-state index in [-0.39, 0.29) is 21.9 Å². The second-order valence-corrected chi connectivity index (χ2v) is 7.25. The van der Waals surface area contributed by atoms with Crippen LogP contribution in [-0.2, 0) is 11.0 Å². The number of thioether (sulfide) groups is 1. The first-order valence-corrected chi connectivity index (χ1v) is 8.63. The van der Waals surface area contributed by atoms with Crippen molar-refractivity contribution >= 4 is 17.7 Å². The van der Waals surface area contributed by atoms with E-state index in [1.807, 2.05) is 0 Å². The molecule has 9 heteroatoms. The number of nitrogens with two attached hydrogens (primary N) is 2. The molecular weight excluding hydrogens is 355 g/mol. The standard InChI is InChI=1S/C16H20F3N3O2S/c17-16(18,19)11-3-1-2-10(8-11)9-4-6-12(7-5-9)25-14(20)13(22-21)15(23)24/h1-3,8-9,12,22H,4-7,20-21H2,(H,23,24)/b14-13+. The highest BCUT2D eigenvalue weighted by Crippen LogP contribution is 2.40. The van der Waals surface area contributed by atoms with E-state index in [4.69, 9.17) is 16.7 Å². The molecule has 0 radical (unpaired) electrons. The molecule has 6 N–H and O–H groups in total. The molecule has 0 unspecified atom stereocenters. The molecule has 0 amide bonds. The minimum absolute atomic E-state index is 0.0657. The Labute approximate surface area is 147 Å². The van der Waals surface area contributed by atoms with Crippen LogP contribution in [0.2, 0.25) is 0 Å². The summed E-state index contributed by atoms with van der Waals surface area (Å²) in [6, 6.07) is 5.45. The summed E-state index contributed by atoms with van der Waals surface area (Å²) >= 11 is 1.24. The number of carboxylic acids is 1. The third-order valence-electron chi connectivity index (χ3n) is 4.26. The predicted molar refractivity (Wildman–Crippen MR) is 90.2 cm³/mol. The minimum atomic E-state index is -4.34. The molecule has 5 nitrogen and oxygen atoms in total. The van der Waals surface area contributed by atoms with Gasteiger partial charge in [-0.3, -0.25) is 5.84 Å². The molecule has 25 heavy (non-hydrogen) atoms. The van der Waals surface area contributed by atoms with Gasteiger partial charge in [0.05, 0.1) is 10.6 Å². The molecule has 0 heterocycles. The van der Waals surface area contributed by atoms with Crippen LogP contribution in [0.1, 0.15) is 42.7 Å². The van der Waals surface area contributed by atoms with Crippen LogP contribution in [0, 0.1) is 0 Å². The van der Waals surface area contributed by atoms with Crippen molar-refractivity contribution in [3.05, 3.63) is 46.1 Å². The van der Waals surface area contributed by atoms with E-state index in [2.05, 4.69) is 5.43 Å². The third kappa shape index (κ3) is 5.05.